The molecule has 0 N–H and O–H groups in total. The van der Waals surface area contributed by atoms with Gasteiger partial charge in [0.1, 0.15) is 6.10 Å². The minimum atomic E-state index is -0.707. The van der Waals surface area contributed by atoms with E-state index in [-0.39, 0.29) is 29.2 Å². The maximum Gasteiger partial charge on any atom is 0.312 e. The number of allylic oxidation sites excluding steroid dienone is 1. The smallest absolute Gasteiger partial charge is 0.312 e. The fourth-order valence-electron chi connectivity index (χ4n) is 5.59. The van der Waals surface area contributed by atoms with Crippen LogP contribution < -0.4 is 0 Å². The van der Waals surface area contributed by atoms with Crippen molar-refractivity contribution in [2.24, 2.45) is 28.6 Å². The third-order valence-corrected chi connectivity index (χ3v) is 7.81. The van der Waals surface area contributed by atoms with Gasteiger partial charge in [-0.1, -0.05) is 26.3 Å². The first-order valence-corrected chi connectivity index (χ1v) is 11.5. The van der Waals surface area contributed by atoms with Gasteiger partial charge in [-0.3, -0.25) is 14.4 Å². The third-order valence-electron chi connectivity index (χ3n) is 7.81. The van der Waals surface area contributed by atoms with Gasteiger partial charge in [-0.2, -0.15) is 0 Å². The lowest BCUT2D eigenvalue weighted by Gasteiger charge is -2.54. The Morgan fingerprint density at radius 3 is 2.39 bits per heavy atom. The van der Waals surface area contributed by atoms with Crippen LogP contribution >= 0.6 is 0 Å². The lowest BCUT2D eigenvalue weighted by atomic mass is 9.51. The van der Waals surface area contributed by atoms with Crippen LogP contribution in [0.3, 0.4) is 0 Å². The van der Waals surface area contributed by atoms with Gasteiger partial charge in [0.15, 0.2) is 0 Å². The summed E-state index contributed by atoms with van der Waals surface area (Å²) in [5.74, 6) is 0.153. The molecule has 6 atom stereocenters. The fraction of sp³-hybridized carbons (Fsp3) is 0.800. The average Bonchev–Trinajstić information content (AvgIpc) is 2.68. The quantitative estimate of drug-likeness (QED) is 0.307. The fourth-order valence-corrected chi connectivity index (χ4v) is 5.59. The van der Waals surface area contributed by atoms with E-state index in [2.05, 4.69) is 26.8 Å². The van der Waals surface area contributed by atoms with Crippen LogP contribution in [0.15, 0.2) is 11.6 Å². The maximum atomic E-state index is 12.9. The van der Waals surface area contributed by atoms with Gasteiger partial charge in [-0.05, 0) is 68.3 Å². The molecule has 1 unspecified atom stereocenters. The van der Waals surface area contributed by atoms with E-state index in [0.717, 1.165) is 32.1 Å². The van der Waals surface area contributed by atoms with Crippen LogP contribution in [0.5, 0.6) is 0 Å². The first-order valence-electron chi connectivity index (χ1n) is 11.5. The molecule has 6 nitrogen and oxygen atoms in total. The summed E-state index contributed by atoms with van der Waals surface area (Å²) in [6.07, 6.45) is 6.95. The van der Waals surface area contributed by atoms with Gasteiger partial charge in [0.2, 0.25) is 0 Å². The number of esters is 3. The minimum Gasteiger partial charge on any atom is -0.469 e. The van der Waals surface area contributed by atoms with E-state index < -0.39 is 11.5 Å². The van der Waals surface area contributed by atoms with E-state index in [1.165, 1.54) is 26.5 Å². The predicted molar refractivity (Wildman–Crippen MR) is 118 cm³/mol. The number of rotatable bonds is 8. The van der Waals surface area contributed by atoms with Gasteiger partial charge in [-0.15, -0.1) is 0 Å². The number of methoxy groups -OCH3 is 1. The monoisotopic (exact) mass is 436 g/mol. The van der Waals surface area contributed by atoms with E-state index in [9.17, 15) is 14.4 Å². The third kappa shape index (κ3) is 5.69. The molecule has 0 spiro atoms. The van der Waals surface area contributed by atoms with Gasteiger partial charge in [-0.25, -0.2) is 0 Å². The number of carbonyl (C=O) groups is 3. The molecule has 1 saturated carbocycles. The number of hydrogen-bond acceptors (Lipinski definition) is 6. The second-order valence-corrected chi connectivity index (χ2v) is 10.1. The average molecular weight is 437 g/mol. The Bertz CT molecular complexity index is 713. The van der Waals surface area contributed by atoms with Gasteiger partial charge in [0.25, 0.3) is 0 Å². The first-order chi connectivity index (χ1) is 14.4. The molecule has 0 bridgehead atoms. The van der Waals surface area contributed by atoms with Crippen LogP contribution in [-0.2, 0) is 28.6 Å². The van der Waals surface area contributed by atoms with Crippen molar-refractivity contribution in [3.05, 3.63) is 11.6 Å². The van der Waals surface area contributed by atoms with Gasteiger partial charge in [0, 0.05) is 20.3 Å². The minimum absolute atomic E-state index is 0.0873. The predicted octanol–water partition coefficient (Wildman–Crippen LogP) is 4.85. The molecule has 6 heteroatoms. The van der Waals surface area contributed by atoms with Gasteiger partial charge < -0.3 is 14.2 Å². The van der Waals surface area contributed by atoms with Crippen molar-refractivity contribution in [1.82, 2.24) is 0 Å². The Morgan fingerprint density at radius 2 is 1.81 bits per heavy atom. The van der Waals surface area contributed by atoms with Crippen LogP contribution in [0.1, 0.15) is 80.1 Å². The second kappa shape index (κ2) is 10.2. The van der Waals surface area contributed by atoms with Crippen LogP contribution in [0, 0.1) is 28.6 Å². The summed E-state index contributed by atoms with van der Waals surface area (Å²) in [7, 11) is 1.43. The van der Waals surface area contributed by atoms with Crippen molar-refractivity contribution in [2.75, 3.05) is 13.7 Å². The highest BCUT2D eigenvalue weighted by Gasteiger charge is 2.55. The lowest BCUT2D eigenvalue weighted by molar-refractivity contribution is -0.163. The van der Waals surface area contributed by atoms with E-state index in [1.54, 1.807) is 0 Å². The van der Waals surface area contributed by atoms with Crippen LogP contribution in [0.4, 0.5) is 0 Å². The van der Waals surface area contributed by atoms with E-state index in [0.29, 0.717) is 24.9 Å². The van der Waals surface area contributed by atoms with Crippen molar-refractivity contribution in [2.45, 2.75) is 86.2 Å². The van der Waals surface area contributed by atoms with Crippen molar-refractivity contribution in [1.29, 1.82) is 0 Å². The number of ether oxygens (including phenoxy) is 3. The molecule has 0 radical (unpaired) electrons. The van der Waals surface area contributed by atoms with Crippen LogP contribution in [0.25, 0.3) is 0 Å². The van der Waals surface area contributed by atoms with Crippen molar-refractivity contribution >= 4 is 17.9 Å². The SMILES string of the molecule is COC(=O)[C@]1(C)CC(OC(C)=O)C=C2[C@H]1CC[C@H](C)[C@@]2(C)CC[C@H](C)CCOC(C)=O. The van der Waals surface area contributed by atoms with Crippen molar-refractivity contribution in [3.63, 3.8) is 0 Å². The maximum absolute atomic E-state index is 12.9. The zero-order chi connectivity index (χ0) is 23.4. The zero-order valence-corrected chi connectivity index (χ0v) is 20.3. The summed E-state index contributed by atoms with van der Waals surface area (Å²) >= 11 is 0. The standard InChI is InChI=1S/C25H40O6/c1-16(11-13-30-18(3)26)10-12-24(5)17(2)8-9-21-22(24)14-20(31-19(4)27)15-25(21,6)23(28)29-7/h14,16-17,20-21H,8-13,15H2,1-7H3/t16-,17-,20?,21+,24+,25+/m0/s1. The number of hydrogen-bond donors (Lipinski definition) is 0. The van der Waals surface area contributed by atoms with E-state index >= 15 is 0 Å². The Hall–Kier alpha value is -1.85. The Balaban J connectivity index is 2.29. The molecular weight excluding hydrogens is 396 g/mol. The van der Waals surface area contributed by atoms with Gasteiger partial charge >= 0.3 is 17.9 Å². The highest BCUT2D eigenvalue weighted by molar-refractivity contribution is 5.78. The van der Waals surface area contributed by atoms with Crippen LogP contribution in [0.2, 0.25) is 0 Å². The summed E-state index contributed by atoms with van der Waals surface area (Å²) in [5.41, 5.74) is 0.442. The van der Waals surface area contributed by atoms with E-state index in [4.69, 9.17) is 14.2 Å². The molecule has 1 fully saturated rings. The summed E-state index contributed by atoms with van der Waals surface area (Å²) in [4.78, 5) is 35.6. The summed E-state index contributed by atoms with van der Waals surface area (Å²) < 4.78 is 15.9. The normalized spacial score (nSPS) is 33.5. The molecule has 176 valence electrons. The topological polar surface area (TPSA) is 78.9 Å². The first kappa shape index (κ1) is 25.4. The molecule has 0 aromatic rings. The highest BCUT2D eigenvalue weighted by atomic mass is 16.5. The van der Waals surface area contributed by atoms with Crippen molar-refractivity contribution in [3.8, 4) is 0 Å². The van der Waals surface area contributed by atoms with E-state index in [1.807, 2.05) is 6.92 Å². The molecule has 2 aliphatic carbocycles. The molecule has 0 aliphatic heterocycles. The molecule has 0 aromatic heterocycles. The highest BCUT2D eigenvalue weighted by Crippen LogP contribution is 2.59. The Kier molecular flexibility index (Phi) is 8.34. The summed E-state index contributed by atoms with van der Waals surface area (Å²) in [6, 6.07) is 0. The molecular formula is C25H40O6. The molecule has 0 saturated heterocycles. The molecule has 2 aliphatic rings. The largest absolute Gasteiger partial charge is 0.469 e. The van der Waals surface area contributed by atoms with Gasteiger partial charge in [0.05, 0.1) is 19.1 Å². The Morgan fingerprint density at radius 1 is 1.13 bits per heavy atom. The summed E-state index contributed by atoms with van der Waals surface area (Å²) in [5, 5.41) is 0. The molecule has 0 heterocycles. The molecule has 0 amide bonds. The van der Waals surface area contributed by atoms with Crippen LogP contribution in [-0.4, -0.2) is 37.7 Å². The second-order valence-electron chi connectivity index (χ2n) is 10.1. The molecule has 0 aromatic carbocycles. The lowest BCUT2D eigenvalue weighted by Crippen LogP contribution is -2.50. The zero-order valence-electron chi connectivity index (χ0n) is 20.3. The summed E-state index contributed by atoms with van der Waals surface area (Å²) in [6.45, 7) is 12.0. The molecule has 31 heavy (non-hydrogen) atoms. The Labute approximate surface area is 187 Å². The number of carbonyl (C=O) groups excluding carboxylic acids is 3. The molecule has 2 rings (SSSR count). The van der Waals surface area contributed by atoms with Crippen molar-refractivity contribution < 1.29 is 28.6 Å². The number of fused-ring (bicyclic) bond motifs is 1.